The Labute approximate surface area is 149 Å². The van der Waals surface area contributed by atoms with Gasteiger partial charge in [-0.3, -0.25) is 4.79 Å². The number of hydrogen-bond acceptors (Lipinski definition) is 5. The van der Waals surface area contributed by atoms with Gasteiger partial charge in [-0.2, -0.15) is 0 Å². The van der Waals surface area contributed by atoms with Crippen LogP contribution in [0.2, 0.25) is 0 Å². The zero-order valence-corrected chi connectivity index (χ0v) is 16.3. The maximum absolute atomic E-state index is 12.8. The Hall–Kier alpha value is -1.67. The highest BCUT2D eigenvalue weighted by atomic mass is 79.9. The molecule has 0 fully saturated rings. The fourth-order valence-electron chi connectivity index (χ4n) is 2.17. The Balaban J connectivity index is 2.22. The summed E-state index contributed by atoms with van der Waals surface area (Å²) in [6, 6.07) is 6.21. The number of hydrogen-bond donors (Lipinski definition) is 1. The molecule has 0 unspecified atom stereocenters. The molecule has 0 bridgehead atoms. The van der Waals surface area contributed by atoms with Crippen molar-refractivity contribution in [2.45, 2.75) is 43.9 Å². The second kappa shape index (κ2) is 6.68. The molecule has 0 atom stereocenters. The van der Waals surface area contributed by atoms with Crippen molar-refractivity contribution in [2.24, 2.45) is 0 Å². The Kier molecular flexibility index (Phi) is 5.19. The number of carbonyl (C=O) groups is 1. The minimum Gasteiger partial charge on any atom is -0.361 e. The summed E-state index contributed by atoms with van der Waals surface area (Å²) < 4.78 is 29.8. The minimum absolute atomic E-state index is 0.100. The zero-order chi connectivity index (χ0) is 18.1. The van der Waals surface area contributed by atoms with Crippen LogP contribution in [0, 0.1) is 13.8 Å². The van der Waals surface area contributed by atoms with E-state index in [2.05, 4.69) is 26.4 Å². The highest BCUT2D eigenvalue weighted by Crippen LogP contribution is 2.27. The van der Waals surface area contributed by atoms with E-state index in [-0.39, 0.29) is 11.4 Å². The second-order valence-electron chi connectivity index (χ2n) is 5.95. The Morgan fingerprint density at radius 2 is 1.83 bits per heavy atom. The van der Waals surface area contributed by atoms with E-state index in [1.165, 1.54) is 26.0 Å². The second-order valence-corrected chi connectivity index (χ2v) is 9.37. The number of nitrogens with one attached hydrogen (secondary N) is 1. The number of rotatable bonds is 5. The summed E-state index contributed by atoms with van der Waals surface area (Å²) in [5, 5.41) is 6.48. The van der Waals surface area contributed by atoms with E-state index in [1.54, 1.807) is 26.0 Å². The minimum atomic E-state index is -3.84. The summed E-state index contributed by atoms with van der Waals surface area (Å²) >= 11 is 3.26. The first-order chi connectivity index (χ1) is 11.1. The van der Waals surface area contributed by atoms with E-state index in [0.29, 0.717) is 11.5 Å². The molecule has 1 aromatic carbocycles. The normalized spacial score (nSPS) is 12.2. The number of halogens is 1. The number of aryl methyl sites for hydroxylation is 2. The molecule has 8 heteroatoms. The molecule has 24 heavy (non-hydrogen) atoms. The smallest absolute Gasteiger partial charge is 0.241 e. The molecule has 1 aromatic heterocycles. The molecule has 6 nitrogen and oxygen atoms in total. The van der Waals surface area contributed by atoms with Gasteiger partial charge in [0, 0.05) is 16.6 Å². The third-order valence-electron chi connectivity index (χ3n) is 3.95. The monoisotopic (exact) mass is 414 g/mol. The van der Waals surface area contributed by atoms with Gasteiger partial charge in [0.15, 0.2) is 9.84 Å². The van der Waals surface area contributed by atoms with Crippen molar-refractivity contribution in [3.63, 3.8) is 0 Å². The van der Waals surface area contributed by atoms with Gasteiger partial charge in [-0.05, 0) is 52.0 Å². The SMILES string of the molecule is Cc1noc(C)c1CNC(=O)C(C)(C)S(=O)(=O)c1ccc(Br)cc1. The summed E-state index contributed by atoms with van der Waals surface area (Å²) in [6.07, 6.45) is 0. The van der Waals surface area contributed by atoms with Gasteiger partial charge < -0.3 is 9.84 Å². The zero-order valence-electron chi connectivity index (χ0n) is 13.9. The van der Waals surface area contributed by atoms with E-state index in [9.17, 15) is 13.2 Å². The van der Waals surface area contributed by atoms with Crippen molar-refractivity contribution in [2.75, 3.05) is 0 Å². The van der Waals surface area contributed by atoms with Crippen molar-refractivity contribution in [3.05, 3.63) is 45.8 Å². The van der Waals surface area contributed by atoms with Crippen LogP contribution in [0.1, 0.15) is 30.9 Å². The maximum atomic E-state index is 12.8. The van der Waals surface area contributed by atoms with Gasteiger partial charge in [0.2, 0.25) is 5.91 Å². The lowest BCUT2D eigenvalue weighted by Gasteiger charge is -2.24. The summed E-state index contributed by atoms with van der Waals surface area (Å²) in [6.45, 7) is 6.46. The predicted molar refractivity (Wildman–Crippen MR) is 93.2 cm³/mol. The molecule has 2 rings (SSSR count). The molecule has 0 aliphatic rings. The van der Waals surface area contributed by atoms with Gasteiger partial charge in [-0.15, -0.1) is 0 Å². The Morgan fingerprint density at radius 3 is 2.33 bits per heavy atom. The highest BCUT2D eigenvalue weighted by molar-refractivity contribution is 9.10. The molecular formula is C16H19BrN2O4S. The van der Waals surface area contributed by atoms with Crippen molar-refractivity contribution < 1.29 is 17.7 Å². The van der Waals surface area contributed by atoms with Crippen LogP contribution >= 0.6 is 15.9 Å². The summed E-state index contributed by atoms with van der Waals surface area (Å²) in [5.41, 5.74) is 1.42. The van der Waals surface area contributed by atoms with Gasteiger partial charge in [0.1, 0.15) is 10.5 Å². The molecule has 0 spiro atoms. The lowest BCUT2D eigenvalue weighted by molar-refractivity contribution is -0.123. The van der Waals surface area contributed by atoms with Gasteiger partial charge in [-0.1, -0.05) is 21.1 Å². The van der Waals surface area contributed by atoms with Crippen LogP contribution in [-0.2, 0) is 21.2 Å². The van der Waals surface area contributed by atoms with Crippen LogP contribution in [0.4, 0.5) is 0 Å². The van der Waals surface area contributed by atoms with Crippen LogP contribution in [0.25, 0.3) is 0 Å². The fourth-order valence-corrected chi connectivity index (χ4v) is 3.83. The van der Waals surface area contributed by atoms with Crippen molar-refractivity contribution in [3.8, 4) is 0 Å². The van der Waals surface area contributed by atoms with Crippen LogP contribution in [0.15, 0.2) is 38.2 Å². The van der Waals surface area contributed by atoms with E-state index >= 15 is 0 Å². The molecule has 1 N–H and O–H groups in total. The van der Waals surface area contributed by atoms with Crippen LogP contribution < -0.4 is 5.32 Å². The average Bonchev–Trinajstić information content (AvgIpc) is 2.83. The number of benzene rings is 1. The van der Waals surface area contributed by atoms with Crippen LogP contribution in [0.5, 0.6) is 0 Å². The third kappa shape index (κ3) is 3.39. The largest absolute Gasteiger partial charge is 0.361 e. The summed E-state index contributed by atoms with van der Waals surface area (Å²) in [5.74, 6) is 0.0202. The Bertz CT molecular complexity index is 835. The van der Waals surface area contributed by atoms with Crippen molar-refractivity contribution >= 4 is 31.7 Å². The lowest BCUT2D eigenvalue weighted by atomic mass is 10.1. The van der Waals surface area contributed by atoms with Crippen molar-refractivity contribution in [1.82, 2.24) is 10.5 Å². The van der Waals surface area contributed by atoms with Gasteiger partial charge in [0.05, 0.1) is 10.6 Å². The summed E-state index contributed by atoms with van der Waals surface area (Å²) in [7, 11) is -3.84. The first kappa shape index (κ1) is 18.7. The molecule has 0 aliphatic heterocycles. The molecule has 2 aromatic rings. The summed E-state index contributed by atoms with van der Waals surface area (Å²) in [4.78, 5) is 12.6. The van der Waals surface area contributed by atoms with Gasteiger partial charge >= 0.3 is 0 Å². The standard InChI is InChI=1S/C16H19BrN2O4S/c1-10-14(11(2)23-19-10)9-18-15(20)16(3,4)24(21,22)13-7-5-12(17)6-8-13/h5-8H,9H2,1-4H3,(H,18,20). The van der Waals surface area contributed by atoms with Crippen LogP contribution in [0.3, 0.4) is 0 Å². The molecule has 0 aliphatic carbocycles. The topological polar surface area (TPSA) is 89.3 Å². The molecule has 0 saturated carbocycles. The molecular weight excluding hydrogens is 396 g/mol. The first-order valence-electron chi connectivity index (χ1n) is 7.27. The van der Waals surface area contributed by atoms with E-state index in [1.807, 2.05) is 0 Å². The van der Waals surface area contributed by atoms with Gasteiger partial charge in [0.25, 0.3) is 0 Å². The number of amides is 1. The van der Waals surface area contributed by atoms with Crippen molar-refractivity contribution in [1.29, 1.82) is 0 Å². The van der Waals surface area contributed by atoms with E-state index in [0.717, 1.165) is 10.0 Å². The first-order valence-corrected chi connectivity index (χ1v) is 9.55. The van der Waals surface area contributed by atoms with E-state index < -0.39 is 20.5 Å². The molecule has 1 heterocycles. The molecule has 130 valence electrons. The van der Waals surface area contributed by atoms with Gasteiger partial charge in [-0.25, -0.2) is 8.42 Å². The highest BCUT2D eigenvalue weighted by Gasteiger charge is 2.42. The number of carbonyl (C=O) groups excluding carboxylic acids is 1. The number of sulfone groups is 1. The quantitative estimate of drug-likeness (QED) is 0.811. The maximum Gasteiger partial charge on any atom is 0.241 e. The number of aromatic nitrogens is 1. The predicted octanol–water partition coefficient (Wildman–Crippen LogP) is 2.92. The third-order valence-corrected chi connectivity index (χ3v) is 6.90. The molecule has 1 amide bonds. The molecule has 0 saturated heterocycles. The fraction of sp³-hybridized carbons (Fsp3) is 0.375. The lowest BCUT2D eigenvalue weighted by Crippen LogP contribution is -2.47. The number of nitrogens with zero attached hydrogens (tertiary/aromatic N) is 1. The Morgan fingerprint density at radius 1 is 1.25 bits per heavy atom. The van der Waals surface area contributed by atoms with E-state index in [4.69, 9.17) is 4.52 Å². The molecule has 0 radical (unpaired) electrons. The average molecular weight is 415 g/mol. The van der Waals surface area contributed by atoms with Crippen LogP contribution in [-0.4, -0.2) is 24.2 Å².